The lowest BCUT2D eigenvalue weighted by Gasteiger charge is -2.30. The predicted octanol–water partition coefficient (Wildman–Crippen LogP) is 2.24. The van der Waals surface area contributed by atoms with Crippen LogP contribution in [0.25, 0.3) is 0 Å². The van der Waals surface area contributed by atoms with Crippen LogP contribution in [0.5, 0.6) is 5.75 Å². The summed E-state index contributed by atoms with van der Waals surface area (Å²) < 4.78 is 14.6. The molecule has 2 aromatic carbocycles. The molecule has 35 heavy (non-hydrogen) atoms. The SMILES string of the molecule is CC(=O)Nc1ccc(CNC(=O)c2cn3c(c(O)c2=O)C(=O)N(Cc2ccc(F)cc2)CC3)cc1. The Morgan fingerprint density at radius 1 is 1.00 bits per heavy atom. The van der Waals surface area contributed by atoms with Crippen LogP contribution in [0.15, 0.2) is 59.5 Å². The number of pyridine rings is 1. The van der Waals surface area contributed by atoms with Crippen LogP contribution in [0.1, 0.15) is 38.9 Å². The van der Waals surface area contributed by atoms with Gasteiger partial charge in [-0.05, 0) is 35.4 Å². The maximum atomic E-state index is 13.1. The number of aromatic nitrogens is 1. The standard InChI is InChI=1S/C25H23FN4O5/c1-15(31)28-19-8-4-16(5-9-19)12-27-24(34)20-14-29-10-11-30(13-17-2-6-18(26)7-3-17)25(35)21(29)23(33)22(20)32/h2-9,14,33H,10-13H2,1H3,(H,27,34)(H,28,31). The van der Waals surface area contributed by atoms with Gasteiger partial charge in [0, 0.05) is 45.0 Å². The van der Waals surface area contributed by atoms with Crippen molar-refractivity contribution < 1.29 is 23.9 Å². The van der Waals surface area contributed by atoms with E-state index in [1.54, 1.807) is 36.4 Å². The molecular weight excluding hydrogens is 455 g/mol. The van der Waals surface area contributed by atoms with Gasteiger partial charge < -0.3 is 25.2 Å². The van der Waals surface area contributed by atoms with Crippen molar-refractivity contribution >= 4 is 23.4 Å². The minimum Gasteiger partial charge on any atom is -0.503 e. The summed E-state index contributed by atoms with van der Waals surface area (Å²) in [5.74, 6) is -2.61. The topological polar surface area (TPSA) is 121 Å². The van der Waals surface area contributed by atoms with E-state index in [1.165, 1.54) is 34.7 Å². The second-order valence-corrected chi connectivity index (χ2v) is 8.18. The normalized spacial score (nSPS) is 12.7. The monoisotopic (exact) mass is 478 g/mol. The van der Waals surface area contributed by atoms with E-state index in [0.29, 0.717) is 11.3 Å². The van der Waals surface area contributed by atoms with Crippen LogP contribution >= 0.6 is 0 Å². The van der Waals surface area contributed by atoms with Gasteiger partial charge in [0.1, 0.15) is 11.4 Å². The Morgan fingerprint density at radius 2 is 1.66 bits per heavy atom. The predicted molar refractivity (Wildman–Crippen MR) is 125 cm³/mol. The number of amides is 3. The number of nitrogens with zero attached hydrogens (tertiary/aromatic N) is 2. The van der Waals surface area contributed by atoms with Crippen molar-refractivity contribution in [2.75, 3.05) is 11.9 Å². The third kappa shape index (κ3) is 5.21. The third-order valence-corrected chi connectivity index (χ3v) is 5.62. The fourth-order valence-electron chi connectivity index (χ4n) is 3.84. The van der Waals surface area contributed by atoms with Gasteiger partial charge in [-0.3, -0.25) is 19.2 Å². The summed E-state index contributed by atoms with van der Waals surface area (Å²) in [6.07, 6.45) is 1.28. The van der Waals surface area contributed by atoms with Crippen molar-refractivity contribution in [1.82, 2.24) is 14.8 Å². The first-order valence-electron chi connectivity index (χ1n) is 10.9. The minimum atomic E-state index is -0.938. The zero-order valence-corrected chi connectivity index (χ0v) is 18.9. The molecule has 0 bridgehead atoms. The number of carbonyl (C=O) groups excluding carboxylic acids is 3. The van der Waals surface area contributed by atoms with E-state index in [9.17, 15) is 28.7 Å². The summed E-state index contributed by atoms with van der Waals surface area (Å²) in [5.41, 5.74) is 0.655. The lowest BCUT2D eigenvalue weighted by molar-refractivity contribution is -0.114. The number of aromatic hydroxyl groups is 1. The maximum absolute atomic E-state index is 13.1. The Hall–Kier alpha value is -4.47. The fourth-order valence-corrected chi connectivity index (χ4v) is 3.84. The van der Waals surface area contributed by atoms with Gasteiger partial charge >= 0.3 is 0 Å². The smallest absolute Gasteiger partial charge is 0.274 e. The highest BCUT2D eigenvalue weighted by atomic mass is 19.1. The first-order valence-corrected chi connectivity index (χ1v) is 10.9. The highest BCUT2D eigenvalue weighted by molar-refractivity contribution is 5.99. The molecule has 2 heterocycles. The summed E-state index contributed by atoms with van der Waals surface area (Å²) in [5, 5.41) is 15.8. The van der Waals surface area contributed by atoms with E-state index in [0.717, 1.165) is 5.56 Å². The molecule has 9 nitrogen and oxygen atoms in total. The van der Waals surface area contributed by atoms with Gasteiger partial charge in [-0.2, -0.15) is 0 Å². The van der Waals surface area contributed by atoms with E-state index in [4.69, 9.17) is 0 Å². The number of nitrogens with one attached hydrogen (secondary N) is 2. The van der Waals surface area contributed by atoms with Crippen molar-refractivity contribution in [3.63, 3.8) is 0 Å². The zero-order chi connectivity index (χ0) is 25.1. The number of benzene rings is 2. The maximum Gasteiger partial charge on any atom is 0.274 e. The van der Waals surface area contributed by atoms with Gasteiger partial charge in [0.05, 0.1) is 0 Å². The number of hydrogen-bond donors (Lipinski definition) is 3. The van der Waals surface area contributed by atoms with Gasteiger partial charge in [-0.15, -0.1) is 0 Å². The van der Waals surface area contributed by atoms with E-state index < -0.39 is 23.0 Å². The lowest BCUT2D eigenvalue weighted by Crippen LogP contribution is -2.42. The molecule has 10 heteroatoms. The van der Waals surface area contributed by atoms with Crippen LogP contribution in [0, 0.1) is 5.82 Å². The number of rotatable bonds is 6. The highest BCUT2D eigenvalue weighted by Crippen LogP contribution is 2.22. The summed E-state index contributed by atoms with van der Waals surface area (Å²) in [6.45, 7) is 2.26. The Bertz CT molecular complexity index is 1350. The number of carbonyl (C=O) groups is 3. The summed E-state index contributed by atoms with van der Waals surface area (Å²) in [6, 6.07) is 12.5. The van der Waals surface area contributed by atoms with Gasteiger partial charge in [0.25, 0.3) is 11.8 Å². The van der Waals surface area contributed by atoms with E-state index in [1.807, 2.05) is 0 Å². The number of halogens is 1. The van der Waals surface area contributed by atoms with E-state index in [2.05, 4.69) is 10.6 Å². The number of fused-ring (bicyclic) bond motifs is 1. The second-order valence-electron chi connectivity index (χ2n) is 8.18. The van der Waals surface area contributed by atoms with Gasteiger partial charge in [-0.1, -0.05) is 24.3 Å². The molecule has 3 N–H and O–H groups in total. The van der Waals surface area contributed by atoms with Crippen LogP contribution < -0.4 is 16.1 Å². The van der Waals surface area contributed by atoms with E-state index in [-0.39, 0.29) is 49.2 Å². The molecule has 3 aromatic rings. The van der Waals surface area contributed by atoms with Crippen molar-refractivity contribution in [2.24, 2.45) is 0 Å². The Balaban J connectivity index is 1.48. The van der Waals surface area contributed by atoms with Crippen LogP contribution in [0.4, 0.5) is 10.1 Å². The molecular formula is C25H23FN4O5. The van der Waals surface area contributed by atoms with Crippen LogP contribution in [0.2, 0.25) is 0 Å². The van der Waals surface area contributed by atoms with E-state index >= 15 is 0 Å². The average Bonchev–Trinajstić information content (AvgIpc) is 2.83. The Labute approximate surface area is 199 Å². The Kier molecular flexibility index (Phi) is 6.63. The zero-order valence-electron chi connectivity index (χ0n) is 18.9. The molecule has 0 spiro atoms. The van der Waals surface area contributed by atoms with Crippen molar-refractivity contribution in [3.8, 4) is 5.75 Å². The van der Waals surface area contributed by atoms with Crippen LogP contribution in [0.3, 0.4) is 0 Å². The number of anilines is 1. The first kappa shape index (κ1) is 23.7. The molecule has 0 atom stereocenters. The van der Waals surface area contributed by atoms with Crippen molar-refractivity contribution in [1.29, 1.82) is 0 Å². The average molecular weight is 478 g/mol. The molecule has 3 amide bonds. The van der Waals surface area contributed by atoms with Crippen LogP contribution in [-0.4, -0.2) is 38.8 Å². The summed E-state index contributed by atoms with van der Waals surface area (Å²) in [7, 11) is 0. The van der Waals surface area contributed by atoms with Crippen molar-refractivity contribution in [3.05, 3.63) is 93.2 Å². The fraction of sp³-hybridized carbons (Fsp3) is 0.200. The third-order valence-electron chi connectivity index (χ3n) is 5.62. The molecule has 4 rings (SSSR count). The molecule has 1 aliphatic rings. The quantitative estimate of drug-likeness (QED) is 0.502. The summed E-state index contributed by atoms with van der Waals surface area (Å²) >= 11 is 0. The van der Waals surface area contributed by atoms with Gasteiger partial charge in [0.15, 0.2) is 11.4 Å². The largest absolute Gasteiger partial charge is 0.503 e. The Morgan fingerprint density at radius 3 is 2.31 bits per heavy atom. The lowest BCUT2D eigenvalue weighted by atomic mass is 10.1. The molecule has 0 aliphatic carbocycles. The molecule has 0 saturated carbocycles. The van der Waals surface area contributed by atoms with Gasteiger partial charge in [-0.25, -0.2) is 4.39 Å². The number of hydrogen-bond acceptors (Lipinski definition) is 5. The molecule has 180 valence electrons. The first-order chi connectivity index (χ1) is 16.7. The molecule has 0 fully saturated rings. The van der Waals surface area contributed by atoms with Crippen molar-refractivity contribution in [2.45, 2.75) is 26.6 Å². The minimum absolute atomic E-state index is 0.117. The highest BCUT2D eigenvalue weighted by Gasteiger charge is 2.30. The molecule has 0 unspecified atom stereocenters. The molecule has 0 saturated heterocycles. The molecule has 0 radical (unpaired) electrons. The molecule has 1 aromatic heterocycles. The van der Waals surface area contributed by atoms with Crippen LogP contribution in [-0.2, 0) is 24.4 Å². The summed E-state index contributed by atoms with van der Waals surface area (Å²) in [4.78, 5) is 50.9. The van der Waals surface area contributed by atoms with Gasteiger partial charge in [0.2, 0.25) is 11.3 Å². The molecule has 1 aliphatic heterocycles. The second kappa shape index (κ2) is 9.80.